The first kappa shape index (κ1) is 18.9. The Morgan fingerprint density at radius 3 is 2.78 bits per heavy atom. The summed E-state index contributed by atoms with van der Waals surface area (Å²) < 4.78 is 10.8. The maximum Gasteiger partial charge on any atom is 0.247 e. The van der Waals surface area contributed by atoms with Crippen LogP contribution in [0.3, 0.4) is 0 Å². The first-order valence-electron chi connectivity index (χ1n) is 8.62. The molecular weight excluding hydrogens is 366 g/mol. The van der Waals surface area contributed by atoms with Gasteiger partial charge in [0.15, 0.2) is 0 Å². The Labute approximate surface area is 162 Å². The van der Waals surface area contributed by atoms with Crippen molar-refractivity contribution in [2.45, 2.75) is 25.8 Å². The molecule has 0 atom stereocenters. The van der Waals surface area contributed by atoms with Crippen molar-refractivity contribution < 1.29 is 13.9 Å². The molecule has 0 unspecified atom stereocenters. The Kier molecular flexibility index (Phi) is 6.44. The number of aromatic nitrogens is 2. The molecule has 7 heteroatoms. The molecule has 0 saturated heterocycles. The standard InChI is InChI=1S/C20H20ClN3O3/c1-26-17-6-3-5-15(12-17)20-24-23-19(27-20)13-22-18(25)7-2-4-14-8-10-16(21)11-9-14/h3,5-6,8-12H,2,4,7,13H2,1H3,(H,22,25). The zero-order valence-corrected chi connectivity index (χ0v) is 15.7. The first-order valence-corrected chi connectivity index (χ1v) is 9.00. The summed E-state index contributed by atoms with van der Waals surface area (Å²) in [6, 6.07) is 15.0. The zero-order chi connectivity index (χ0) is 19.1. The van der Waals surface area contributed by atoms with E-state index < -0.39 is 0 Å². The van der Waals surface area contributed by atoms with Gasteiger partial charge < -0.3 is 14.5 Å². The molecule has 0 aliphatic carbocycles. The van der Waals surface area contributed by atoms with Gasteiger partial charge in [-0.15, -0.1) is 10.2 Å². The highest BCUT2D eigenvalue weighted by Crippen LogP contribution is 2.22. The minimum atomic E-state index is -0.0508. The molecule has 1 aromatic heterocycles. The molecule has 0 fully saturated rings. The molecule has 2 aromatic carbocycles. The second kappa shape index (κ2) is 9.19. The topological polar surface area (TPSA) is 77.3 Å². The maximum absolute atomic E-state index is 12.0. The number of rotatable bonds is 8. The van der Waals surface area contributed by atoms with Crippen molar-refractivity contribution in [2.24, 2.45) is 0 Å². The minimum Gasteiger partial charge on any atom is -0.497 e. The molecule has 0 aliphatic rings. The highest BCUT2D eigenvalue weighted by molar-refractivity contribution is 6.30. The smallest absolute Gasteiger partial charge is 0.247 e. The van der Waals surface area contributed by atoms with Crippen LogP contribution >= 0.6 is 11.6 Å². The lowest BCUT2D eigenvalue weighted by Crippen LogP contribution is -2.22. The summed E-state index contributed by atoms with van der Waals surface area (Å²) in [5, 5.41) is 11.5. The number of carbonyl (C=O) groups is 1. The van der Waals surface area contributed by atoms with Crippen LogP contribution in [0.15, 0.2) is 52.9 Å². The summed E-state index contributed by atoms with van der Waals surface area (Å²) >= 11 is 5.86. The molecule has 6 nitrogen and oxygen atoms in total. The van der Waals surface area contributed by atoms with Gasteiger partial charge in [0.25, 0.3) is 0 Å². The number of methoxy groups -OCH3 is 1. The zero-order valence-electron chi connectivity index (χ0n) is 14.9. The van der Waals surface area contributed by atoms with Crippen LogP contribution in [0.2, 0.25) is 5.02 Å². The summed E-state index contributed by atoms with van der Waals surface area (Å²) in [5.74, 6) is 1.41. The van der Waals surface area contributed by atoms with Crippen LogP contribution in [0.5, 0.6) is 5.75 Å². The molecule has 3 rings (SSSR count). The predicted molar refractivity (Wildman–Crippen MR) is 103 cm³/mol. The largest absolute Gasteiger partial charge is 0.497 e. The Balaban J connectivity index is 1.45. The third kappa shape index (κ3) is 5.56. The SMILES string of the molecule is COc1cccc(-c2nnc(CNC(=O)CCCc3ccc(Cl)cc3)o2)c1. The Morgan fingerprint density at radius 1 is 1.19 bits per heavy atom. The Morgan fingerprint density at radius 2 is 2.00 bits per heavy atom. The fraction of sp³-hybridized carbons (Fsp3) is 0.250. The van der Waals surface area contributed by atoms with E-state index in [0.717, 1.165) is 24.0 Å². The van der Waals surface area contributed by atoms with Gasteiger partial charge in [0, 0.05) is 17.0 Å². The summed E-state index contributed by atoms with van der Waals surface area (Å²) in [5.41, 5.74) is 1.93. The van der Waals surface area contributed by atoms with Crippen molar-refractivity contribution in [2.75, 3.05) is 7.11 Å². The number of carbonyl (C=O) groups excluding carboxylic acids is 1. The number of nitrogens with one attached hydrogen (secondary N) is 1. The van der Waals surface area contributed by atoms with Crippen molar-refractivity contribution in [1.29, 1.82) is 0 Å². The number of hydrogen-bond acceptors (Lipinski definition) is 5. The molecule has 1 amide bonds. The van der Waals surface area contributed by atoms with Crippen LogP contribution in [0.1, 0.15) is 24.3 Å². The van der Waals surface area contributed by atoms with Gasteiger partial charge in [-0.25, -0.2) is 0 Å². The second-order valence-electron chi connectivity index (χ2n) is 5.99. The minimum absolute atomic E-state index is 0.0508. The summed E-state index contributed by atoms with van der Waals surface area (Å²) in [6.45, 7) is 0.205. The Hall–Kier alpha value is -2.86. The lowest BCUT2D eigenvalue weighted by atomic mass is 10.1. The number of hydrogen-bond donors (Lipinski definition) is 1. The van der Waals surface area contributed by atoms with E-state index in [-0.39, 0.29) is 12.5 Å². The number of halogens is 1. The van der Waals surface area contributed by atoms with Crippen molar-refractivity contribution in [3.63, 3.8) is 0 Å². The van der Waals surface area contributed by atoms with Gasteiger partial charge in [-0.1, -0.05) is 29.8 Å². The van der Waals surface area contributed by atoms with E-state index in [1.54, 1.807) is 7.11 Å². The fourth-order valence-electron chi connectivity index (χ4n) is 2.56. The van der Waals surface area contributed by atoms with Gasteiger partial charge in [0.2, 0.25) is 17.7 Å². The number of aryl methyl sites for hydroxylation is 1. The maximum atomic E-state index is 12.0. The van der Waals surface area contributed by atoms with E-state index in [1.807, 2.05) is 48.5 Å². The molecule has 140 valence electrons. The number of nitrogens with zero attached hydrogens (tertiary/aromatic N) is 2. The van der Waals surface area contributed by atoms with Crippen LogP contribution in [-0.2, 0) is 17.8 Å². The first-order chi connectivity index (χ1) is 13.1. The van der Waals surface area contributed by atoms with E-state index in [1.165, 1.54) is 0 Å². The molecule has 0 bridgehead atoms. The number of benzene rings is 2. The third-order valence-electron chi connectivity index (χ3n) is 4.00. The van der Waals surface area contributed by atoms with Crippen LogP contribution in [0, 0.1) is 0 Å². The van der Waals surface area contributed by atoms with Gasteiger partial charge in [0.05, 0.1) is 13.7 Å². The van der Waals surface area contributed by atoms with Crippen molar-refractivity contribution >= 4 is 17.5 Å². The van der Waals surface area contributed by atoms with Crippen molar-refractivity contribution in [3.8, 4) is 17.2 Å². The van der Waals surface area contributed by atoms with Gasteiger partial charge in [0.1, 0.15) is 5.75 Å². The monoisotopic (exact) mass is 385 g/mol. The molecule has 0 aliphatic heterocycles. The summed E-state index contributed by atoms with van der Waals surface area (Å²) in [6.07, 6.45) is 2.01. The lowest BCUT2D eigenvalue weighted by Gasteiger charge is -2.03. The van der Waals surface area contributed by atoms with E-state index in [0.29, 0.717) is 29.0 Å². The predicted octanol–water partition coefficient (Wildman–Crippen LogP) is 4.04. The molecule has 0 saturated carbocycles. The van der Waals surface area contributed by atoms with Crippen LogP contribution in [0.25, 0.3) is 11.5 Å². The third-order valence-corrected chi connectivity index (χ3v) is 4.25. The van der Waals surface area contributed by atoms with E-state index in [2.05, 4.69) is 15.5 Å². The quantitative estimate of drug-likeness (QED) is 0.633. The van der Waals surface area contributed by atoms with Crippen molar-refractivity contribution in [1.82, 2.24) is 15.5 Å². The molecule has 1 heterocycles. The lowest BCUT2D eigenvalue weighted by molar-refractivity contribution is -0.121. The van der Waals surface area contributed by atoms with Crippen LogP contribution in [-0.4, -0.2) is 23.2 Å². The van der Waals surface area contributed by atoms with Gasteiger partial charge in [-0.05, 0) is 48.7 Å². The highest BCUT2D eigenvalue weighted by atomic mass is 35.5. The normalized spacial score (nSPS) is 10.6. The second-order valence-corrected chi connectivity index (χ2v) is 6.43. The molecule has 1 N–H and O–H groups in total. The summed E-state index contributed by atoms with van der Waals surface area (Å²) in [7, 11) is 1.60. The van der Waals surface area contributed by atoms with E-state index in [4.69, 9.17) is 20.8 Å². The average molecular weight is 386 g/mol. The fourth-order valence-corrected chi connectivity index (χ4v) is 2.69. The molecular formula is C20H20ClN3O3. The molecule has 0 spiro atoms. The molecule has 27 heavy (non-hydrogen) atoms. The molecule has 3 aromatic rings. The summed E-state index contributed by atoms with van der Waals surface area (Å²) in [4.78, 5) is 12.0. The van der Waals surface area contributed by atoms with Gasteiger partial charge in [-0.2, -0.15) is 0 Å². The molecule has 0 radical (unpaired) electrons. The van der Waals surface area contributed by atoms with Gasteiger partial charge in [-0.3, -0.25) is 4.79 Å². The van der Waals surface area contributed by atoms with Crippen LogP contribution in [0.4, 0.5) is 0 Å². The number of ether oxygens (including phenoxy) is 1. The number of amides is 1. The van der Waals surface area contributed by atoms with E-state index >= 15 is 0 Å². The van der Waals surface area contributed by atoms with Gasteiger partial charge >= 0.3 is 0 Å². The van der Waals surface area contributed by atoms with Crippen molar-refractivity contribution in [3.05, 3.63) is 65.0 Å². The average Bonchev–Trinajstić information content (AvgIpc) is 3.17. The van der Waals surface area contributed by atoms with E-state index in [9.17, 15) is 4.79 Å². The van der Waals surface area contributed by atoms with Crippen LogP contribution < -0.4 is 10.1 Å². The Bertz CT molecular complexity index is 893. The highest BCUT2D eigenvalue weighted by Gasteiger charge is 2.10.